The summed E-state index contributed by atoms with van der Waals surface area (Å²) in [5.41, 5.74) is 4.92. The van der Waals surface area contributed by atoms with Crippen LogP contribution in [-0.2, 0) is 17.8 Å². The van der Waals surface area contributed by atoms with Crippen LogP contribution >= 0.6 is 0 Å². The number of hydrogen-bond donors (Lipinski definition) is 1. The fourth-order valence-corrected chi connectivity index (χ4v) is 5.61. The van der Waals surface area contributed by atoms with E-state index in [1.54, 1.807) is 13.3 Å². The van der Waals surface area contributed by atoms with E-state index in [1.807, 2.05) is 78.9 Å². The van der Waals surface area contributed by atoms with Gasteiger partial charge in [-0.3, -0.25) is 14.7 Å². The average molecular weight is 561 g/mol. The number of hydrogen-bond acceptors (Lipinski definition) is 7. The first-order valence-electron chi connectivity index (χ1n) is 14.1. The molecule has 5 aromatic rings. The zero-order valence-corrected chi connectivity index (χ0v) is 23.4. The number of pyridine rings is 1. The van der Waals surface area contributed by atoms with Crippen LogP contribution in [0.4, 0.5) is 0 Å². The molecule has 42 heavy (non-hydrogen) atoms. The number of methoxy groups -OCH3 is 1. The second-order valence-corrected chi connectivity index (χ2v) is 10.8. The number of rotatable bonds is 9. The van der Waals surface area contributed by atoms with Crippen molar-refractivity contribution in [1.29, 1.82) is 0 Å². The molecule has 0 radical (unpaired) electrons. The van der Waals surface area contributed by atoms with E-state index in [4.69, 9.17) is 9.26 Å². The molecule has 1 aliphatic heterocycles. The molecule has 0 atom stereocenters. The summed E-state index contributed by atoms with van der Waals surface area (Å²) in [4.78, 5) is 23.6. The highest BCUT2D eigenvalue weighted by Crippen LogP contribution is 2.36. The Kier molecular flexibility index (Phi) is 7.79. The van der Waals surface area contributed by atoms with E-state index in [1.165, 1.54) is 0 Å². The van der Waals surface area contributed by atoms with Crippen molar-refractivity contribution in [3.05, 3.63) is 108 Å². The Morgan fingerprint density at radius 2 is 1.67 bits per heavy atom. The van der Waals surface area contributed by atoms with Crippen LogP contribution in [0.25, 0.3) is 34.0 Å². The molecular formula is C34H32N4O4. The zero-order valence-electron chi connectivity index (χ0n) is 23.4. The molecule has 0 unspecified atom stereocenters. The zero-order chi connectivity index (χ0) is 28.9. The van der Waals surface area contributed by atoms with Crippen LogP contribution in [0.5, 0.6) is 5.75 Å². The summed E-state index contributed by atoms with van der Waals surface area (Å²) in [5.74, 6) is 0.939. The molecule has 2 aromatic heterocycles. The van der Waals surface area contributed by atoms with E-state index < -0.39 is 11.4 Å². The number of aromatic nitrogens is 3. The second kappa shape index (κ2) is 12.0. The minimum atomic E-state index is -0.767. The van der Waals surface area contributed by atoms with Crippen LogP contribution in [0.15, 0.2) is 102 Å². The van der Waals surface area contributed by atoms with Crippen LogP contribution in [0, 0.1) is 5.41 Å². The van der Waals surface area contributed by atoms with E-state index in [0.29, 0.717) is 31.0 Å². The Morgan fingerprint density at radius 1 is 0.929 bits per heavy atom. The van der Waals surface area contributed by atoms with Gasteiger partial charge in [-0.2, -0.15) is 4.98 Å². The van der Waals surface area contributed by atoms with Crippen LogP contribution in [0.1, 0.15) is 24.1 Å². The van der Waals surface area contributed by atoms with Gasteiger partial charge in [-0.05, 0) is 67.4 Å². The highest BCUT2D eigenvalue weighted by Gasteiger charge is 2.41. The molecule has 8 heteroatoms. The molecule has 1 saturated heterocycles. The molecule has 3 aromatic carbocycles. The van der Waals surface area contributed by atoms with Gasteiger partial charge in [-0.15, -0.1) is 0 Å². The molecule has 1 N–H and O–H groups in total. The fourth-order valence-electron chi connectivity index (χ4n) is 5.61. The quantitative estimate of drug-likeness (QED) is 0.222. The first-order valence-corrected chi connectivity index (χ1v) is 14.1. The van der Waals surface area contributed by atoms with Crippen molar-refractivity contribution >= 4 is 5.97 Å². The normalized spacial score (nSPS) is 14.9. The smallest absolute Gasteiger partial charge is 0.310 e. The fraction of sp³-hybridized carbons (Fsp3) is 0.235. The summed E-state index contributed by atoms with van der Waals surface area (Å²) >= 11 is 0. The monoisotopic (exact) mass is 560 g/mol. The predicted octanol–water partition coefficient (Wildman–Crippen LogP) is 6.38. The first-order chi connectivity index (χ1) is 20.5. The van der Waals surface area contributed by atoms with Gasteiger partial charge >= 0.3 is 5.97 Å². The summed E-state index contributed by atoms with van der Waals surface area (Å²) in [6.07, 6.45) is 3.38. The summed E-state index contributed by atoms with van der Waals surface area (Å²) in [5, 5.41) is 14.3. The molecule has 0 amide bonds. The number of carboxylic acids is 1. The lowest BCUT2D eigenvalue weighted by atomic mass is 9.74. The maximum atomic E-state index is 12.2. The van der Waals surface area contributed by atoms with Gasteiger partial charge in [0.15, 0.2) is 0 Å². The Hall–Kier alpha value is -4.82. The van der Waals surface area contributed by atoms with Crippen molar-refractivity contribution in [2.45, 2.75) is 25.8 Å². The maximum absolute atomic E-state index is 12.2. The number of nitrogens with zero attached hydrogens (tertiary/aromatic N) is 4. The van der Waals surface area contributed by atoms with E-state index in [-0.39, 0.29) is 0 Å². The standard InChI is InChI=1S/C34H32N4O4/c1-41-30-21-27(14-15-29(30)25-7-3-2-4-8-25)32-36-31(37-42-32)26-12-10-24(11-13-26)23-38-19-16-34(17-20-38,33(39)40)22-28-9-5-6-18-35-28/h2-15,18,21H,16-17,19-20,22-23H2,1H3,(H,39,40). The van der Waals surface area contributed by atoms with Crippen molar-refractivity contribution < 1.29 is 19.2 Å². The minimum absolute atomic E-state index is 0.424. The van der Waals surface area contributed by atoms with Crippen LogP contribution < -0.4 is 4.74 Å². The Balaban J connectivity index is 1.10. The third-order valence-electron chi connectivity index (χ3n) is 8.09. The number of likely N-dealkylation sites (tertiary alicyclic amines) is 1. The van der Waals surface area contributed by atoms with Gasteiger partial charge in [0.1, 0.15) is 5.75 Å². The van der Waals surface area contributed by atoms with E-state index >= 15 is 0 Å². The van der Waals surface area contributed by atoms with Crippen LogP contribution in [-0.4, -0.2) is 51.3 Å². The molecule has 1 fully saturated rings. The third-order valence-corrected chi connectivity index (χ3v) is 8.09. The SMILES string of the molecule is COc1cc(-c2nc(-c3ccc(CN4CCC(Cc5ccccn5)(C(=O)O)CC4)cc3)no2)ccc1-c1ccccc1. The van der Waals surface area contributed by atoms with Crippen molar-refractivity contribution in [3.63, 3.8) is 0 Å². The topological polar surface area (TPSA) is 102 Å². The van der Waals surface area contributed by atoms with Gasteiger partial charge in [-0.25, -0.2) is 0 Å². The highest BCUT2D eigenvalue weighted by atomic mass is 16.5. The highest BCUT2D eigenvalue weighted by molar-refractivity contribution is 5.75. The lowest BCUT2D eigenvalue weighted by Gasteiger charge is -2.38. The molecular weight excluding hydrogens is 528 g/mol. The third kappa shape index (κ3) is 5.80. The average Bonchev–Trinajstić information content (AvgIpc) is 3.53. The molecule has 0 saturated carbocycles. The molecule has 1 aliphatic rings. The number of carbonyl (C=O) groups is 1. The molecule has 0 spiro atoms. The largest absolute Gasteiger partial charge is 0.496 e. The summed E-state index contributed by atoms with van der Waals surface area (Å²) in [6.45, 7) is 2.20. The number of carboxylic acid groups (broad SMARTS) is 1. The maximum Gasteiger partial charge on any atom is 0.310 e. The second-order valence-electron chi connectivity index (χ2n) is 10.8. The molecule has 3 heterocycles. The van der Waals surface area contributed by atoms with Crippen molar-refractivity contribution in [3.8, 4) is 39.7 Å². The molecule has 0 bridgehead atoms. The Labute approximate surface area is 244 Å². The van der Waals surface area contributed by atoms with Gasteiger partial charge in [0.25, 0.3) is 5.89 Å². The van der Waals surface area contributed by atoms with Gasteiger partial charge in [-0.1, -0.05) is 65.8 Å². The lowest BCUT2D eigenvalue weighted by molar-refractivity contribution is -0.152. The van der Waals surface area contributed by atoms with E-state index in [9.17, 15) is 9.90 Å². The first kappa shape index (κ1) is 27.4. The van der Waals surface area contributed by atoms with E-state index in [2.05, 4.69) is 32.2 Å². The number of benzene rings is 3. The molecule has 0 aliphatic carbocycles. The summed E-state index contributed by atoms with van der Waals surface area (Å²) in [7, 11) is 1.65. The molecule has 8 nitrogen and oxygen atoms in total. The molecule has 212 valence electrons. The summed E-state index contributed by atoms with van der Waals surface area (Å²) in [6, 6.07) is 29.7. The lowest BCUT2D eigenvalue weighted by Crippen LogP contribution is -2.45. The predicted molar refractivity (Wildman–Crippen MR) is 160 cm³/mol. The minimum Gasteiger partial charge on any atom is -0.496 e. The van der Waals surface area contributed by atoms with Crippen molar-refractivity contribution in [1.82, 2.24) is 20.0 Å². The number of piperidine rings is 1. The van der Waals surface area contributed by atoms with E-state index in [0.717, 1.165) is 58.9 Å². The van der Waals surface area contributed by atoms with Crippen molar-refractivity contribution in [2.24, 2.45) is 5.41 Å². The Morgan fingerprint density at radius 3 is 2.36 bits per heavy atom. The van der Waals surface area contributed by atoms with Crippen LogP contribution in [0.3, 0.4) is 0 Å². The number of aliphatic carboxylic acids is 1. The molecule has 6 rings (SSSR count). The summed E-state index contributed by atoms with van der Waals surface area (Å²) < 4.78 is 11.3. The van der Waals surface area contributed by atoms with Gasteiger partial charge in [0.2, 0.25) is 5.82 Å². The van der Waals surface area contributed by atoms with Gasteiger partial charge < -0.3 is 14.4 Å². The van der Waals surface area contributed by atoms with Gasteiger partial charge in [0.05, 0.1) is 12.5 Å². The number of ether oxygens (including phenoxy) is 1. The Bertz CT molecular complexity index is 1640. The van der Waals surface area contributed by atoms with Gasteiger partial charge in [0, 0.05) is 41.5 Å². The van der Waals surface area contributed by atoms with Crippen LogP contribution in [0.2, 0.25) is 0 Å². The van der Waals surface area contributed by atoms with Crippen molar-refractivity contribution in [2.75, 3.05) is 20.2 Å².